The first-order chi connectivity index (χ1) is 8.16. The van der Waals surface area contributed by atoms with Gasteiger partial charge in [0.1, 0.15) is 5.75 Å². The first-order valence-electron chi connectivity index (χ1n) is 5.62. The lowest BCUT2D eigenvalue weighted by atomic mass is 10.0. The van der Waals surface area contributed by atoms with Gasteiger partial charge in [0.25, 0.3) is 0 Å². The van der Waals surface area contributed by atoms with Gasteiger partial charge < -0.3 is 14.8 Å². The molecular formula is C13H17NO3. The molecule has 0 radical (unpaired) electrons. The Bertz CT molecular complexity index is 438. The van der Waals surface area contributed by atoms with Crippen molar-refractivity contribution in [2.24, 2.45) is 0 Å². The second-order valence-corrected chi connectivity index (χ2v) is 4.24. The third-order valence-corrected chi connectivity index (χ3v) is 3.36. The fourth-order valence-corrected chi connectivity index (χ4v) is 2.11. The van der Waals surface area contributed by atoms with E-state index in [1.54, 1.807) is 13.2 Å². The standard InChI is InChI=1S/C13H17NO3/c1-14-13(6-7-13)10-8-9(12(15)17-3)4-5-11(10)16-2/h4-5,8,14H,6-7H2,1-3H3. The molecule has 0 atom stereocenters. The van der Waals surface area contributed by atoms with Crippen LogP contribution in [0.5, 0.6) is 5.75 Å². The summed E-state index contributed by atoms with van der Waals surface area (Å²) in [5, 5.41) is 3.30. The van der Waals surface area contributed by atoms with Crippen LogP contribution in [0, 0.1) is 0 Å². The van der Waals surface area contributed by atoms with E-state index in [0.717, 1.165) is 24.2 Å². The van der Waals surface area contributed by atoms with Gasteiger partial charge in [-0.25, -0.2) is 4.79 Å². The maximum Gasteiger partial charge on any atom is 0.337 e. The van der Waals surface area contributed by atoms with Crippen molar-refractivity contribution >= 4 is 5.97 Å². The van der Waals surface area contributed by atoms with Crippen LogP contribution in [0.1, 0.15) is 28.8 Å². The van der Waals surface area contributed by atoms with Gasteiger partial charge in [-0.3, -0.25) is 0 Å². The maximum absolute atomic E-state index is 11.5. The lowest BCUT2D eigenvalue weighted by Crippen LogP contribution is -2.25. The number of methoxy groups -OCH3 is 2. The molecule has 0 amide bonds. The minimum atomic E-state index is -0.319. The minimum Gasteiger partial charge on any atom is -0.496 e. The summed E-state index contributed by atoms with van der Waals surface area (Å²) in [6.07, 6.45) is 2.12. The second-order valence-electron chi connectivity index (χ2n) is 4.24. The molecule has 1 aliphatic rings. The van der Waals surface area contributed by atoms with Crippen LogP contribution in [0.3, 0.4) is 0 Å². The number of carbonyl (C=O) groups excluding carboxylic acids is 1. The summed E-state index contributed by atoms with van der Waals surface area (Å²) in [6, 6.07) is 5.40. The highest BCUT2D eigenvalue weighted by Crippen LogP contribution is 2.48. The average molecular weight is 235 g/mol. The van der Waals surface area contributed by atoms with Crippen LogP contribution in [-0.4, -0.2) is 27.2 Å². The molecule has 0 heterocycles. The molecular weight excluding hydrogens is 218 g/mol. The highest BCUT2D eigenvalue weighted by Gasteiger charge is 2.45. The summed E-state index contributed by atoms with van der Waals surface area (Å²) in [7, 11) is 4.96. The van der Waals surface area contributed by atoms with Gasteiger partial charge in [-0.05, 0) is 38.1 Å². The Labute approximate surface area is 101 Å². The van der Waals surface area contributed by atoms with Crippen molar-refractivity contribution in [2.45, 2.75) is 18.4 Å². The Morgan fingerprint density at radius 2 is 2.06 bits per heavy atom. The van der Waals surface area contributed by atoms with E-state index < -0.39 is 0 Å². The van der Waals surface area contributed by atoms with Crippen LogP contribution in [0.2, 0.25) is 0 Å². The van der Waals surface area contributed by atoms with E-state index in [2.05, 4.69) is 5.32 Å². The summed E-state index contributed by atoms with van der Waals surface area (Å²) < 4.78 is 10.1. The normalized spacial score (nSPS) is 16.4. The Morgan fingerprint density at radius 3 is 2.53 bits per heavy atom. The van der Waals surface area contributed by atoms with Crippen LogP contribution in [0.25, 0.3) is 0 Å². The fraction of sp³-hybridized carbons (Fsp3) is 0.462. The Morgan fingerprint density at radius 1 is 1.35 bits per heavy atom. The number of hydrogen-bond acceptors (Lipinski definition) is 4. The van der Waals surface area contributed by atoms with Crippen molar-refractivity contribution in [3.63, 3.8) is 0 Å². The summed E-state index contributed by atoms with van der Waals surface area (Å²) in [4.78, 5) is 11.5. The molecule has 2 rings (SSSR count). The summed E-state index contributed by atoms with van der Waals surface area (Å²) >= 11 is 0. The summed E-state index contributed by atoms with van der Waals surface area (Å²) in [6.45, 7) is 0. The number of ether oxygens (including phenoxy) is 2. The van der Waals surface area contributed by atoms with Crippen molar-refractivity contribution in [3.8, 4) is 5.75 Å². The van der Waals surface area contributed by atoms with Gasteiger partial charge in [-0.15, -0.1) is 0 Å². The number of nitrogens with one attached hydrogen (secondary N) is 1. The van der Waals surface area contributed by atoms with Gasteiger partial charge in [0, 0.05) is 11.1 Å². The molecule has 0 unspecified atom stereocenters. The highest BCUT2D eigenvalue weighted by molar-refractivity contribution is 5.90. The summed E-state index contributed by atoms with van der Waals surface area (Å²) in [5.74, 6) is 0.491. The van der Waals surface area contributed by atoms with E-state index >= 15 is 0 Å². The molecule has 1 N–H and O–H groups in total. The molecule has 4 nitrogen and oxygen atoms in total. The third-order valence-electron chi connectivity index (χ3n) is 3.36. The Kier molecular flexibility index (Phi) is 3.07. The van der Waals surface area contributed by atoms with E-state index in [0.29, 0.717) is 5.56 Å². The van der Waals surface area contributed by atoms with Crippen LogP contribution < -0.4 is 10.1 Å². The lowest BCUT2D eigenvalue weighted by Gasteiger charge is -2.18. The molecule has 0 aromatic heterocycles. The van der Waals surface area contributed by atoms with Crippen molar-refractivity contribution in [1.29, 1.82) is 0 Å². The molecule has 0 bridgehead atoms. The van der Waals surface area contributed by atoms with Crippen molar-refractivity contribution in [3.05, 3.63) is 29.3 Å². The lowest BCUT2D eigenvalue weighted by molar-refractivity contribution is 0.0600. The molecule has 1 aromatic rings. The molecule has 92 valence electrons. The highest BCUT2D eigenvalue weighted by atomic mass is 16.5. The Hall–Kier alpha value is -1.55. The number of hydrogen-bond donors (Lipinski definition) is 1. The van der Waals surface area contributed by atoms with E-state index in [-0.39, 0.29) is 11.5 Å². The molecule has 1 saturated carbocycles. The number of esters is 1. The monoisotopic (exact) mass is 235 g/mol. The largest absolute Gasteiger partial charge is 0.496 e. The molecule has 0 spiro atoms. The van der Waals surface area contributed by atoms with Gasteiger partial charge in [-0.1, -0.05) is 0 Å². The van der Waals surface area contributed by atoms with Gasteiger partial charge >= 0.3 is 5.97 Å². The van der Waals surface area contributed by atoms with Crippen LogP contribution in [0.4, 0.5) is 0 Å². The second kappa shape index (κ2) is 4.37. The quantitative estimate of drug-likeness (QED) is 0.807. The third kappa shape index (κ3) is 2.00. The molecule has 1 aromatic carbocycles. The zero-order valence-corrected chi connectivity index (χ0v) is 10.4. The zero-order chi connectivity index (χ0) is 12.5. The van der Waals surface area contributed by atoms with E-state index in [1.807, 2.05) is 19.2 Å². The molecule has 0 aliphatic heterocycles. The molecule has 4 heteroatoms. The van der Waals surface area contributed by atoms with Gasteiger partial charge in [-0.2, -0.15) is 0 Å². The molecule has 0 saturated heterocycles. The zero-order valence-electron chi connectivity index (χ0n) is 10.4. The topological polar surface area (TPSA) is 47.6 Å². The SMILES string of the molecule is CNC1(c2cc(C(=O)OC)ccc2OC)CC1. The van der Waals surface area contributed by atoms with E-state index in [1.165, 1.54) is 7.11 Å². The number of benzene rings is 1. The molecule has 1 aliphatic carbocycles. The van der Waals surface area contributed by atoms with Crippen molar-refractivity contribution in [1.82, 2.24) is 5.32 Å². The predicted molar refractivity (Wildman–Crippen MR) is 64.3 cm³/mol. The van der Waals surface area contributed by atoms with E-state index in [4.69, 9.17) is 9.47 Å². The minimum absolute atomic E-state index is 0.0324. The number of rotatable bonds is 4. The molecule has 1 fully saturated rings. The van der Waals surface area contributed by atoms with Crippen molar-refractivity contribution < 1.29 is 14.3 Å². The Balaban J connectivity index is 2.44. The van der Waals surface area contributed by atoms with Gasteiger partial charge in [0.2, 0.25) is 0 Å². The fourth-order valence-electron chi connectivity index (χ4n) is 2.11. The van der Waals surface area contributed by atoms with Gasteiger partial charge in [0.05, 0.1) is 19.8 Å². The first-order valence-corrected chi connectivity index (χ1v) is 5.62. The van der Waals surface area contributed by atoms with Crippen LogP contribution in [0.15, 0.2) is 18.2 Å². The van der Waals surface area contributed by atoms with Crippen molar-refractivity contribution in [2.75, 3.05) is 21.3 Å². The predicted octanol–water partition coefficient (Wildman–Crippen LogP) is 1.69. The molecule has 17 heavy (non-hydrogen) atoms. The maximum atomic E-state index is 11.5. The summed E-state index contributed by atoms with van der Waals surface area (Å²) in [5.41, 5.74) is 1.56. The average Bonchev–Trinajstić information content (AvgIpc) is 3.18. The number of carbonyl (C=O) groups is 1. The van der Waals surface area contributed by atoms with E-state index in [9.17, 15) is 4.79 Å². The smallest absolute Gasteiger partial charge is 0.337 e. The van der Waals surface area contributed by atoms with Crippen LogP contribution >= 0.6 is 0 Å². The van der Waals surface area contributed by atoms with Gasteiger partial charge in [0.15, 0.2) is 0 Å². The first kappa shape index (κ1) is 11.9. The van der Waals surface area contributed by atoms with Crippen LogP contribution in [-0.2, 0) is 10.3 Å².